The van der Waals surface area contributed by atoms with Gasteiger partial charge in [-0.3, -0.25) is 14.4 Å². The van der Waals surface area contributed by atoms with Crippen LogP contribution in [0.25, 0.3) is 0 Å². The first-order valence-electron chi connectivity index (χ1n) is 9.90. The highest BCUT2D eigenvalue weighted by Gasteiger charge is 2.31. The first-order valence-corrected chi connectivity index (χ1v) is 9.90. The molecular formula is C20H28N4O3. The van der Waals surface area contributed by atoms with Crippen molar-refractivity contribution in [1.82, 2.24) is 19.6 Å². The number of carbonyl (C=O) groups is 1. The Labute approximate surface area is 159 Å². The predicted octanol–water partition coefficient (Wildman–Crippen LogP) is 2.01. The number of amides is 1. The molecule has 0 spiro atoms. The number of rotatable bonds is 5. The summed E-state index contributed by atoms with van der Waals surface area (Å²) in [6.07, 6.45) is 8.17. The quantitative estimate of drug-likeness (QED) is 0.803. The average Bonchev–Trinajstić information content (AvgIpc) is 3.33. The van der Waals surface area contributed by atoms with Crippen LogP contribution in [0.3, 0.4) is 0 Å². The van der Waals surface area contributed by atoms with E-state index in [-0.39, 0.29) is 12.0 Å². The normalized spacial score (nSPS) is 22.7. The van der Waals surface area contributed by atoms with Crippen molar-refractivity contribution in [3.8, 4) is 0 Å². The van der Waals surface area contributed by atoms with Crippen LogP contribution in [0.1, 0.15) is 25.0 Å². The fourth-order valence-corrected chi connectivity index (χ4v) is 4.04. The van der Waals surface area contributed by atoms with E-state index >= 15 is 0 Å². The van der Waals surface area contributed by atoms with Gasteiger partial charge >= 0.3 is 0 Å². The van der Waals surface area contributed by atoms with Crippen molar-refractivity contribution < 1.29 is 13.9 Å². The highest BCUT2D eigenvalue weighted by molar-refractivity contribution is 5.79. The smallest absolute Gasteiger partial charge is 0.225 e. The molecule has 4 rings (SSSR count). The predicted molar refractivity (Wildman–Crippen MR) is 99.9 cm³/mol. The Morgan fingerprint density at radius 1 is 1.22 bits per heavy atom. The fourth-order valence-electron chi connectivity index (χ4n) is 4.04. The Hall–Kier alpha value is -2.12. The SMILES string of the molecule is O=C(C1CCN(Cc2ccco2)CC1)N1CCCOC(Cn2cccn2)C1. The number of hydrogen-bond acceptors (Lipinski definition) is 5. The molecule has 0 bridgehead atoms. The van der Waals surface area contributed by atoms with Crippen LogP contribution in [0.4, 0.5) is 0 Å². The minimum atomic E-state index is 0.00962. The molecule has 2 aromatic heterocycles. The van der Waals surface area contributed by atoms with Crippen LogP contribution < -0.4 is 0 Å². The third kappa shape index (κ3) is 4.78. The summed E-state index contributed by atoms with van der Waals surface area (Å²) in [7, 11) is 0. The molecule has 0 radical (unpaired) electrons. The van der Waals surface area contributed by atoms with Crippen LogP contribution in [0, 0.1) is 5.92 Å². The van der Waals surface area contributed by atoms with Gasteiger partial charge in [-0.25, -0.2) is 0 Å². The van der Waals surface area contributed by atoms with E-state index in [1.165, 1.54) is 0 Å². The molecule has 2 saturated heterocycles. The zero-order valence-corrected chi connectivity index (χ0v) is 15.7. The Balaban J connectivity index is 1.29. The van der Waals surface area contributed by atoms with E-state index in [2.05, 4.69) is 10.00 Å². The third-order valence-corrected chi connectivity index (χ3v) is 5.51. The molecule has 146 valence electrons. The molecule has 1 amide bonds. The number of hydrogen-bond donors (Lipinski definition) is 0. The van der Waals surface area contributed by atoms with Gasteiger partial charge in [0.15, 0.2) is 0 Å². The van der Waals surface area contributed by atoms with Crippen molar-refractivity contribution >= 4 is 5.91 Å². The molecule has 1 unspecified atom stereocenters. The van der Waals surface area contributed by atoms with E-state index < -0.39 is 0 Å². The van der Waals surface area contributed by atoms with E-state index in [1.54, 1.807) is 12.5 Å². The molecule has 0 saturated carbocycles. The maximum absolute atomic E-state index is 13.1. The summed E-state index contributed by atoms with van der Waals surface area (Å²) in [6, 6.07) is 5.84. The summed E-state index contributed by atoms with van der Waals surface area (Å²) in [4.78, 5) is 17.5. The molecule has 2 aliphatic heterocycles. The van der Waals surface area contributed by atoms with Gasteiger partial charge in [0.25, 0.3) is 0 Å². The largest absolute Gasteiger partial charge is 0.468 e. The zero-order valence-electron chi connectivity index (χ0n) is 15.7. The van der Waals surface area contributed by atoms with Gasteiger partial charge in [0.2, 0.25) is 5.91 Å². The molecule has 7 nitrogen and oxygen atoms in total. The lowest BCUT2D eigenvalue weighted by Crippen LogP contribution is -2.45. The van der Waals surface area contributed by atoms with E-state index in [0.29, 0.717) is 25.6 Å². The van der Waals surface area contributed by atoms with Crippen LogP contribution in [0.15, 0.2) is 41.3 Å². The number of nitrogens with zero attached hydrogens (tertiary/aromatic N) is 4. The second kappa shape index (κ2) is 8.71. The number of aromatic nitrogens is 2. The van der Waals surface area contributed by atoms with Crippen LogP contribution in [0.5, 0.6) is 0 Å². The van der Waals surface area contributed by atoms with Gasteiger partial charge in [0, 0.05) is 38.0 Å². The lowest BCUT2D eigenvalue weighted by atomic mass is 9.95. The van der Waals surface area contributed by atoms with Crippen molar-refractivity contribution in [1.29, 1.82) is 0 Å². The highest BCUT2D eigenvalue weighted by atomic mass is 16.5. The minimum Gasteiger partial charge on any atom is -0.468 e. The second-order valence-corrected chi connectivity index (χ2v) is 7.49. The molecule has 27 heavy (non-hydrogen) atoms. The molecule has 4 heterocycles. The van der Waals surface area contributed by atoms with Gasteiger partial charge in [-0.1, -0.05) is 0 Å². The van der Waals surface area contributed by atoms with Gasteiger partial charge < -0.3 is 14.1 Å². The summed E-state index contributed by atoms with van der Waals surface area (Å²) in [6.45, 7) is 5.57. The summed E-state index contributed by atoms with van der Waals surface area (Å²) >= 11 is 0. The first-order chi connectivity index (χ1) is 13.3. The van der Waals surface area contributed by atoms with E-state index in [4.69, 9.17) is 9.15 Å². The fraction of sp³-hybridized carbons (Fsp3) is 0.600. The Morgan fingerprint density at radius 3 is 2.85 bits per heavy atom. The van der Waals surface area contributed by atoms with Crippen molar-refractivity contribution in [2.45, 2.75) is 38.5 Å². The number of carbonyl (C=O) groups excluding carboxylic acids is 1. The molecular weight excluding hydrogens is 344 g/mol. The Kier molecular flexibility index (Phi) is 5.89. The van der Waals surface area contributed by atoms with Crippen molar-refractivity contribution in [3.63, 3.8) is 0 Å². The zero-order chi connectivity index (χ0) is 18.5. The van der Waals surface area contributed by atoms with Crippen LogP contribution >= 0.6 is 0 Å². The number of likely N-dealkylation sites (tertiary alicyclic amines) is 1. The highest BCUT2D eigenvalue weighted by Crippen LogP contribution is 2.22. The Bertz CT molecular complexity index is 693. The van der Waals surface area contributed by atoms with Gasteiger partial charge in [0.1, 0.15) is 5.76 Å². The minimum absolute atomic E-state index is 0.00962. The van der Waals surface area contributed by atoms with Gasteiger partial charge in [-0.05, 0) is 50.6 Å². The van der Waals surface area contributed by atoms with Crippen molar-refractivity contribution in [2.75, 3.05) is 32.8 Å². The lowest BCUT2D eigenvalue weighted by Gasteiger charge is -2.34. The van der Waals surface area contributed by atoms with E-state index in [1.807, 2.05) is 34.0 Å². The molecule has 0 aromatic carbocycles. The van der Waals surface area contributed by atoms with Crippen molar-refractivity contribution in [3.05, 3.63) is 42.6 Å². The molecule has 2 aromatic rings. The topological polar surface area (TPSA) is 63.7 Å². The van der Waals surface area contributed by atoms with Gasteiger partial charge in [-0.15, -0.1) is 0 Å². The third-order valence-electron chi connectivity index (χ3n) is 5.51. The van der Waals surface area contributed by atoms with E-state index in [9.17, 15) is 4.79 Å². The number of furan rings is 1. The summed E-state index contributed by atoms with van der Waals surface area (Å²) in [5.74, 6) is 1.41. The lowest BCUT2D eigenvalue weighted by molar-refractivity contribution is -0.138. The van der Waals surface area contributed by atoms with Crippen molar-refractivity contribution in [2.24, 2.45) is 5.92 Å². The number of piperidine rings is 1. The summed E-state index contributed by atoms with van der Waals surface area (Å²) < 4.78 is 13.3. The maximum atomic E-state index is 13.1. The molecule has 0 N–H and O–H groups in total. The molecule has 2 aliphatic rings. The molecule has 7 heteroatoms. The second-order valence-electron chi connectivity index (χ2n) is 7.49. The van der Waals surface area contributed by atoms with E-state index in [0.717, 1.165) is 51.2 Å². The van der Waals surface area contributed by atoms with Crippen LogP contribution in [0.2, 0.25) is 0 Å². The Morgan fingerprint density at radius 2 is 2.11 bits per heavy atom. The summed E-state index contributed by atoms with van der Waals surface area (Å²) in [5, 5.41) is 4.26. The standard InChI is InChI=1S/C20H28N4O3/c25-20(17-5-10-22(11-6-17)14-18-4-1-12-26-18)23-8-3-13-27-19(15-23)16-24-9-2-7-21-24/h1-2,4,7,9,12,17,19H,3,5-6,8,10-11,13-16H2. The maximum Gasteiger partial charge on any atom is 0.225 e. The van der Waals surface area contributed by atoms with Crippen LogP contribution in [-0.2, 0) is 22.6 Å². The number of ether oxygens (including phenoxy) is 1. The average molecular weight is 372 g/mol. The van der Waals surface area contributed by atoms with Gasteiger partial charge in [-0.2, -0.15) is 5.10 Å². The molecule has 0 aliphatic carbocycles. The first kappa shape index (κ1) is 18.3. The molecule has 1 atom stereocenters. The summed E-state index contributed by atoms with van der Waals surface area (Å²) in [5.41, 5.74) is 0. The molecule has 2 fully saturated rings. The van der Waals surface area contributed by atoms with Crippen LogP contribution in [-0.4, -0.2) is 64.4 Å². The monoisotopic (exact) mass is 372 g/mol. The van der Waals surface area contributed by atoms with Gasteiger partial charge in [0.05, 0.1) is 25.5 Å².